The molecule has 13 heavy (non-hydrogen) atoms. The number of rotatable bonds is 2. The summed E-state index contributed by atoms with van der Waals surface area (Å²) in [7, 11) is 0. The maximum atomic E-state index is 6.26. The molecule has 1 saturated heterocycles. The van der Waals surface area contributed by atoms with Crippen LogP contribution in [0.25, 0.3) is 0 Å². The van der Waals surface area contributed by atoms with Gasteiger partial charge in [-0.25, -0.2) is 0 Å². The van der Waals surface area contributed by atoms with E-state index >= 15 is 0 Å². The van der Waals surface area contributed by atoms with Gasteiger partial charge >= 0.3 is 0 Å². The van der Waals surface area contributed by atoms with E-state index in [0.29, 0.717) is 17.5 Å². The third-order valence-corrected chi connectivity index (χ3v) is 3.58. The molecule has 2 rings (SSSR count). The van der Waals surface area contributed by atoms with Crippen LogP contribution >= 0.6 is 11.6 Å². The highest BCUT2D eigenvalue weighted by Gasteiger charge is 2.26. The maximum absolute atomic E-state index is 6.26. The SMILES string of the molecule is ClC1CCCCC1NC1CCOC1. The highest BCUT2D eigenvalue weighted by Crippen LogP contribution is 2.24. The third kappa shape index (κ3) is 2.58. The lowest BCUT2D eigenvalue weighted by Crippen LogP contribution is -2.45. The number of halogens is 1. The van der Waals surface area contributed by atoms with Crippen LogP contribution in [-0.4, -0.2) is 30.7 Å². The van der Waals surface area contributed by atoms with Crippen molar-refractivity contribution in [2.24, 2.45) is 0 Å². The Balaban J connectivity index is 1.78. The van der Waals surface area contributed by atoms with Crippen molar-refractivity contribution in [3.05, 3.63) is 0 Å². The fraction of sp³-hybridized carbons (Fsp3) is 1.00. The van der Waals surface area contributed by atoms with Crippen molar-refractivity contribution in [2.45, 2.75) is 49.6 Å². The minimum absolute atomic E-state index is 0.342. The van der Waals surface area contributed by atoms with Gasteiger partial charge in [-0.1, -0.05) is 12.8 Å². The predicted molar refractivity (Wildman–Crippen MR) is 54.3 cm³/mol. The third-order valence-electron chi connectivity index (χ3n) is 3.06. The quantitative estimate of drug-likeness (QED) is 0.693. The van der Waals surface area contributed by atoms with Crippen molar-refractivity contribution in [3.8, 4) is 0 Å². The minimum atomic E-state index is 0.342. The summed E-state index contributed by atoms with van der Waals surface area (Å²) in [5, 5.41) is 3.95. The number of ether oxygens (including phenoxy) is 1. The van der Waals surface area contributed by atoms with E-state index in [9.17, 15) is 0 Å². The molecule has 0 aromatic carbocycles. The number of hydrogen-bond donors (Lipinski definition) is 1. The van der Waals surface area contributed by atoms with Gasteiger partial charge in [0.25, 0.3) is 0 Å². The first-order chi connectivity index (χ1) is 6.36. The van der Waals surface area contributed by atoms with Gasteiger partial charge in [-0.05, 0) is 19.3 Å². The molecule has 1 aliphatic carbocycles. The number of alkyl halides is 1. The van der Waals surface area contributed by atoms with Gasteiger partial charge in [-0.3, -0.25) is 0 Å². The zero-order valence-corrected chi connectivity index (χ0v) is 8.72. The summed E-state index contributed by atoms with van der Waals surface area (Å²) in [6.07, 6.45) is 6.19. The van der Waals surface area contributed by atoms with E-state index in [2.05, 4.69) is 5.32 Å². The second-order valence-corrected chi connectivity index (χ2v) is 4.69. The Labute approximate surface area is 85.0 Å². The van der Waals surface area contributed by atoms with Crippen molar-refractivity contribution in [1.82, 2.24) is 5.32 Å². The van der Waals surface area contributed by atoms with Crippen molar-refractivity contribution in [1.29, 1.82) is 0 Å². The molecule has 3 unspecified atom stereocenters. The molecule has 3 atom stereocenters. The predicted octanol–water partition coefficient (Wildman–Crippen LogP) is 1.91. The molecule has 2 aliphatic rings. The fourth-order valence-electron chi connectivity index (χ4n) is 2.24. The van der Waals surface area contributed by atoms with Crippen molar-refractivity contribution < 1.29 is 4.74 Å². The molecule has 0 radical (unpaired) electrons. The molecule has 0 amide bonds. The Bertz CT molecular complexity index is 159. The number of hydrogen-bond acceptors (Lipinski definition) is 2. The van der Waals surface area contributed by atoms with Crippen LogP contribution in [0.3, 0.4) is 0 Å². The van der Waals surface area contributed by atoms with Gasteiger partial charge in [0.1, 0.15) is 0 Å². The van der Waals surface area contributed by atoms with E-state index in [1.54, 1.807) is 0 Å². The van der Waals surface area contributed by atoms with Crippen LogP contribution < -0.4 is 5.32 Å². The van der Waals surface area contributed by atoms with E-state index < -0.39 is 0 Å². The Hall–Kier alpha value is 0.210. The van der Waals surface area contributed by atoms with Crippen molar-refractivity contribution in [2.75, 3.05) is 13.2 Å². The lowest BCUT2D eigenvalue weighted by Gasteiger charge is -2.30. The minimum Gasteiger partial charge on any atom is -0.380 e. The molecule has 3 heteroatoms. The smallest absolute Gasteiger partial charge is 0.0620 e. The Morgan fingerprint density at radius 1 is 1.15 bits per heavy atom. The van der Waals surface area contributed by atoms with Gasteiger partial charge in [0.2, 0.25) is 0 Å². The van der Waals surface area contributed by atoms with Crippen LogP contribution in [0.5, 0.6) is 0 Å². The molecular formula is C10H18ClNO. The normalized spacial score (nSPS) is 40.8. The Morgan fingerprint density at radius 2 is 2.00 bits per heavy atom. The summed E-state index contributed by atoms with van der Waals surface area (Å²) in [5.41, 5.74) is 0. The first-order valence-corrected chi connectivity index (χ1v) is 5.78. The molecule has 76 valence electrons. The zero-order valence-electron chi connectivity index (χ0n) is 7.97. The highest BCUT2D eigenvalue weighted by molar-refractivity contribution is 6.21. The van der Waals surface area contributed by atoms with E-state index in [4.69, 9.17) is 16.3 Å². The summed E-state index contributed by atoms with van der Waals surface area (Å²) in [4.78, 5) is 0. The van der Waals surface area contributed by atoms with E-state index in [0.717, 1.165) is 19.6 Å². The zero-order chi connectivity index (χ0) is 9.10. The van der Waals surface area contributed by atoms with Gasteiger partial charge in [-0.2, -0.15) is 0 Å². The molecule has 0 aromatic heterocycles. The second-order valence-electron chi connectivity index (χ2n) is 4.13. The molecule has 1 aliphatic heterocycles. The lowest BCUT2D eigenvalue weighted by atomic mass is 9.94. The van der Waals surface area contributed by atoms with Crippen LogP contribution in [0.2, 0.25) is 0 Å². The molecule has 2 nitrogen and oxygen atoms in total. The Kier molecular flexibility index (Phi) is 3.47. The van der Waals surface area contributed by atoms with Gasteiger partial charge < -0.3 is 10.1 Å². The topological polar surface area (TPSA) is 21.3 Å². The van der Waals surface area contributed by atoms with Crippen LogP contribution in [0.15, 0.2) is 0 Å². The standard InChI is InChI=1S/C10H18ClNO/c11-9-3-1-2-4-10(9)12-8-5-6-13-7-8/h8-10,12H,1-7H2. The van der Waals surface area contributed by atoms with Crippen LogP contribution in [0, 0.1) is 0 Å². The van der Waals surface area contributed by atoms with E-state index in [1.807, 2.05) is 0 Å². The van der Waals surface area contributed by atoms with E-state index in [1.165, 1.54) is 25.7 Å². The average molecular weight is 204 g/mol. The molecule has 2 fully saturated rings. The summed E-state index contributed by atoms with van der Waals surface area (Å²) < 4.78 is 5.33. The molecule has 0 aromatic rings. The van der Waals surface area contributed by atoms with Crippen LogP contribution in [-0.2, 0) is 4.74 Å². The summed E-state index contributed by atoms with van der Waals surface area (Å²) in [5.74, 6) is 0. The van der Waals surface area contributed by atoms with Gasteiger partial charge in [0.05, 0.1) is 6.61 Å². The van der Waals surface area contributed by atoms with Crippen LogP contribution in [0.1, 0.15) is 32.1 Å². The fourth-order valence-corrected chi connectivity index (χ4v) is 2.60. The van der Waals surface area contributed by atoms with Gasteiger partial charge in [0.15, 0.2) is 0 Å². The summed E-state index contributed by atoms with van der Waals surface area (Å²) >= 11 is 6.26. The first kappa shape index (κ1) is 9.75. The van der Waals surface area contributed by atoms with E-state index in [-0.39, 0.29) is 0 Å². The molecule has 1 N–H and O–H groups in total. The largest absolute Gasteiger partial charge is 0.380 e. The molecule has 0 spiro atoms. The molecule has 1 heterocycles. The Morgan fingerprint density at radius 3 is 2.69 bits per heavy atom. The van der Waals surface area contributed by atoms with Crippen LogP contribution in [0.4, 0.5) is 0 Å². The first-order valence-electron chi connectivity index (χ1n) is 5.34. The van der Waals surface area contributed by atoms with Gasteiger partial charge in [-0.15, -0.1) is 11.6 Å². The lowest BCUT2D eigenvalue weighted by molar-refractivity contribution is 0.186. The highest BCUT2D eigenvalue weighted by atomic mass is 35.5. The molecule has 1 saturated carbocycles. The van der Waals surface area contributed by atoms with Gasteiger partial charge in [0, 0.05) is 24.1 Å². The maximum Gasteiger partial charge on any atom is 0.0620 e. The summed E-state index contributed by atoms with van der Waals surface area (Å²) in [6, 6.07) is 1.09. The monoisotopic (exact) mass is 203 g/mol. The summed E-state index contributed by atoms with van der Waals surface area (Å²) in [6.45, 7) is 1.79. The van der Waals surface area contributed by atoms with Crippen molar-refractivity contribution >= 4 is 11.6 Å². The number of nitrogens with one attached hydrogen (secondary N) is 1. The molecular weight excluding hydrogens is 186 g/mol. The second kappa shape index (κ2) is 4.63. The van der Waals surface area contributed by atoms with Crippen molar-refractivity contribution in [3.63, 3.8) is 0 Å². The average Bonchev–Trinajstić information content (AvgIpc) is 2.61. The molecule has 0 bridgehead atoms.